The van der Waals surface area contributed by atoms with E-state index in [1.165, 1.54) is 18.4 Å². The summed E-state index contributed by atoms with van der Waals surface area (Å²) in [7, 11) is 0. The molecule has 0 spiro atoms. The Morgan fingerprint density at radius 1 is 1.14 bits per heavy atom. The third-order valence-corrected chi connectivity index (χ3v) is 3.42. The second-order valence-electron chi connectivity index (χ2n) is 5.67. The third kappa shape index (κ3) is 6.44. The summed E-state index contributed by atoms with van der Waals surface area (Å²) in [5.74, 6) is 0.730. The molecule has 0 atom stereocenters. The van der Waals surface area contributed by atoms with Crippen LogP contribution in [0.5, 0.6) is 5.88 Å². The van der Waals surface area contributed by atoms with Crippen molar-refractivity contribution >= 4 is 0 Å². The Morgan fingerprint density at radius 3 is 2.71 bits per heavy atom. The highest BCUT2D eigenvalue weighted by Gasteiger charge is 2.20. The van der Waals surface area contributed by atoms with Crippen LogP contribution in [0.2, 0.25) is 0 Å². The lowest BCUT2D eigenvalue weighted by Gasteiger charge is -2.11. The Labute approximate surface area is 128 Å². The molecule has 0 aromatic carbocycles. The van der Waals surface area contributed by atoms with Crippen molar-refractivity contribution < 1.29 is 9.47 Å². The van der Waals surface area contributed by atoms with Crippen molar-refractivity contribution in [1.29, 1.82) is 0 Å². The van der Waals surface area contributed by atoms with Gasteiger partial charge in [-0.1, -0.05) is 20.3 Å². The van der Waals surface area contributed by atoms with Gasteiger partial charge in [0.2, 0.25) is 5.88 Å². The van der Waals surface area contributed by atoms with Crippen LogP contribution in [0.4, 0.5) is 0 Å². The number of ether oxygens (including phenoxy) is 2. The van der Waals surface area contributed by atoms with Crippen LogP contribution >= 0.6 is 0 Å². The minimum atomic E-state index is 0.568. The molecule has 1 aliphatic rings. The molecule has 1 heterocycles. The second kappa shape index (κ2) is 9.00. The number of rotatable bonds is 11. The molecule has 0 radical (unpaired) electrons. The number of pyridine rings is 1. The number of aromatic nitrogens is 1. The zero-order valence-corrected chi connectivity index (χ0v) is 13.4. The van der Waals surface area contributed by atoms with E-state index in [0.717, 1.165) is 50.0 Å². The summed E-state index contributed by atoms with van der Waals surface area (Å²) in [6.07, 6.45) is 5.77. The maximum atomic E-state index is 5.74. The van der Waals surface area contributed by atoms with E-state index >= 15 is 0 Å². The largest absolute Gasteiger partial charge is 0.475 e. The number of hydrogen-bond donors (Lipinski definition) is 1. The van der Waals surface area contributed by atoms with E-state index < -0.39 is 0 Å². The van der Waals surface area contributed by atoms with Gasteiger partial charge in [-0.2, -0.15) is 0 Å². The molecular weight excluding hydrogens is 264 g/mol. The maximum absolute atomic E-state index is 5.74. The van der Waals surface area contributed by atoms with E-state index in [1.807, 2.05) is 6.07 Å². The molecule has 118 valence electrons. The molecule has 0 aliphatic heterocycles. The fourth-order valence-corrected chi connectivity index (χ4v) is 2.18. The molecule has 0 bridgehead atoms. The van der Waals surface area contributed by atoms with E-state index in [2.05, 4.69) is 30.2 Å². The van der Waals surface area contributed by atoms with Crippen molar-refractivity contribution in [2.45, 2.75) is 58.5 Å². The van der Waals surface area contributed by atoms with Gasteiger partial charge in [-0.05, 0) is 37.3 Å². The van der Waals surface area contributed by atoms with Crippen LogP contribution in [0.1, 0.15) is 50.8 Å². The SMILES string of the molecule is CCCOCCOc1cc(CNC2CC2)cc(CCC)n1. The van der Waals surface area contributed by atoms with Crippen molar-refractivity contribution in [3.05, 3.63) is 23.4 Å². The Kier molecular flexibility index (Phi) is 6.96. The number of aryl methyl sites for hydroxylation is 1. The second-order valence-corrected chi connectivity index (χ2v) is 5.67. The molecule has 2 rings (SSSR count). The molecule has 1 saturated carbocycles. The molecular formula is C17H28N2O2. The fraction of sp³-hybridized carbons (Fsp3) is 0.706. The summed E-state index contributed by atoms with van der Waals surface area (Å²) in [4.78, 5) is 4.58. The van der Waals surface area contributed by atoms with Gasteiger partial charge in [0.15, 0.2) is 0 Å². The Bertz CT molecular complexity index is 419. The lowest BCUT2D eigenvalue weighted by atomic mass is 10.1. The topological polar surface area (TPSA) is 43.4 Å². The molecule has 21 heavy (non-hydrogen) atoms. The Hall–Kier alpha value is -1.13. The summed E-state index contributed by atoms with van der Waals surface area (Å²) in [5.41, 5.74) is 2.39. The van der Waals surface area contributed by atoms with Crippen molar-refractivity contribution in [1.82, 2.24) is 10.3 Å². The van der Waals surface area contributed by atoms with Crippen LogP contribution in [0.25, 0.3) is 0 Å². The van der Waals surface area contributed by atoms with Gasteiger partial charge in [0, 0.05) is 31.0 Å². The molecule has 0 amide bonds. The highest BCUT2D eigenvalue weighted by atomic mass is 16.5. The van der Waals surface area contributed by atoms with Crippen LogP contribution in [0.15, 0.2) is 12.1 Å². The lowest BCUT2D eigenvalue weighted by Crippen LogP contribution is -2.16. The van der Waals surface area contributed by atoms with Gasteiger partial charge in [0.05, 0.1) is 6.61 Å². The lowest BCUT2D eigenvalue weighted by molar-refractivity contribution is 0.0989. The van der Waals surface area contributed by atoms with Crippen molar-refractivity contribution in [2.75, 3.05) is 19.8 Å². The summed E-state index contributed by atoms with van der Waals surface area (Å²) in [6.45, 7) is 7.18. The van der Waals surface area contributed by atoms with E-state index in [1.54, 1.807) is 0 Å². The first-order chi connectivity index (χ1) is 10.3. The summed E-state index contributed by atoms with van der Waals surface area (Å²) in [5, 5.41) is 3.55. The number of nitrogens with one attached hydrogen (secondary N) is 1. The van der Waals surface area contributed by atoms with Crippen LogP contribution in [0.3, 0.4) is 0 Å². The third-order valence-electron chi connectivity index (χ3n) is 3.42. The van der Waals surface area contributed by atoms with Gasteiger partial charge >= 0.3 is 0 Å². The highest BCUT2D eigenvalue weighted by Crippen LogP contribution is 2.20. The first-order valence-corrected chi connectivity index (χ1v) is 8.25. The van der Waals surface area contributed by atoms with E-state index in [-0.39, 0.29) is 0 Å². The van der Waals surface area contributed by atoms with Crippen LogP contribution in [-0.2, 0) is 17.7 Å². The molecule has 1 aromatic heterocycles. The standard InChI is InChI=1S/C17H28N2O2/c1-3-5-16-11-14(13-18-15-6-7-15)12-17(19-16)21-10-9-20-8-4-2/h11-12,15,18H,3-10,13H2,1-2H3. The molecule has 1 aromatic rings. The molecule has 4 heteroatoms. The highest BCUT2D eigenvalue weighted by molar-refractivity contribution is 5.25. The van der Waals surface area contributed by atoms with Gasteiger partial charge < -0.3 is 14.8 Å². The molecule has 1 N–H and O–H groups in total. The summed E-state index contributed by atoms with van der Waals surface area (Å²) < 4.78 is 11.2. The van der Waals surface area contributed by atoms with Crippen LogP contribution in [0, 0.1) is 0 Å². The molecule has 1 fully saturated rings. The molecule has 0 saturated heterocycles. The average molecular weight is 292 g/mol. The Balaban J connectivity index is 1.86. The van der Waals surface area contributed by atoms with E-state index in [9.17, 15) is 0 Å². The first kappa shape index (κ1) is 16.2. The molecule has 0 unspecified atom stereocenters. The fourth-order valence-electron chi connectivity index (χ4n) is 2.18. The molecule has 4 nitrogen and oxygen atoms in total. The van der Waals surface area contributed by atoms with Crippen LogP contribution < -0.4 is 10.1 Å². The monoisotopic (exact) mass is 292 g/mol. The van der Waals surface area contributed by atoms with Crippen molar-refractivity contribution in [3.8, 4) is 5.88 Å². The van der Waals surface area contributed by atoms with Crippen molar-refractivity contribution in [2.24, 2.45) is 0 Å². The van der Waals surface area contributed by atoms with Crippen molar-refractivity contribution in [3.63, 3.8) is 0 Å². The van der Waals surface area contributed by atoms with Gasteiger partial charge in [-0.25, -0.2) is 4.98 Å². The Morgan fingerprint density at radius 2 is 2.00 bits per heavy atom. The predicted molar refractivity (Wildman–Crippen MR) is 84.7 cm³/mol. The average Bonchev–Trinajstić information content (AvgIpc) is 3.29. The maximum Gasteiger partial charge on any atom is 0.213 e. The van der Waals surface area contributed by atoms with Gasteiger partial charge in [-0.3, -0.25) is 0 Å². The normalized spacial score (nSPS) is 14.4. The minimum Gasteiger partial charge on any atom is -0.475 e. The quantitative estimate of drug-likeness (QED) is 0.637. The zero-order valence-electron chi connectivity index (χ0n) is 13.4. The minimum absolute atomic E-state index is 0.568. The smallest absolute Gasteiger partial charge is 0.213 e. The predicted octanol–water partition coefficient (Wildman–Crippen LogP) is 3.09. The van der Waals surface area contributed by atoms with E-state index in [0.29, 0.717) is 13.2 Å². The zero-order chi connectivity index (χ0) is 14.9. The summed E-state index contributed by atoms with van der Waals surface area (Å²) in [6, 6.07) is 4.97. The van der Waals surface area contributed by atoms with Gasteiger partial charge in [-0.15, -0.1) is 0 Å². The van der Waals surface area contributed by atoms with Gasteiger partial charge in [0.1, 0.15) is 6.61 Å². The molecule has 1 aliphatic carbocycles. The number of hydrogen-bond acceptors (Lipinski definition) is 4. The first-order valence-electron chi connectivity index (χ1n) is 8.25. The van der Waals surface area contributed by atoms with E-state index in [4.69, 9.17) is 9.47 Å². The van der Waals surface area contributed by atoms with Crippen LogP contribution in [-0.4, -0.2) is 30.8 Å². The summed E-state index contributed by atoms with van der Waals surface area (Å²) >= 11 is 0. The number of nitrogens with zero attached hydrogens (tertiary/aromatic N) is 1. The van der Waals surface area contributed by atoms with Gasteiger partial charge in [0.25, 0.3) is 0 Å².